The maximum atomic E-state index is 6.18. The summed E-state index contributed by atoms with van der Waals surface area (Å²) in [7, 11) is 3.29. The molecule has 0 fully saturated rings. The largest absolute Gasteiger partial charge is 0.496 e. The molecule has 0 saturated carbocycles. The molecule has 0 aliphatic rings. The van der Waals surface area contributed by atoms with Gasteiger partial charge < -0.3 is 23.4 Å². The lowest BCUT2D eigenvalue weighted by Gasteiger charge is -2.14. The molecule has 0 radical (unpaired) electrons. The molecule has 0 amide bonds. The Hall–Kier alpha value is -3.22. The number of unbranched alkanes of at least 4 members (excludes halogenated alkanes) is 6. The highest BCUT2D eigenvalue weighted by Crippen LogP contribution is 2.39. The van der Waals surface area contributed by atoms with Crippen LogP contribution in [0.5, 0.6) is 23.0 Å². The molecule has 0 N–H and O–H groups in total. The van der Waals surface area contributed by atoms with Gasteiger partial charge in [-0.3, -0.25) is 0 Å². The van der Waals surface area contributed by atoms with E-state index in [-0.39, 0.29) is 0 Å². The fraction of sp³-hybridized carbons (Fsp3) is 0.533. The fourth-order valence-electron chi connectivity index (χ4n) is 4.18. The molecule has 0 saturated heterocycles. The molecule has 7 heteroatoms. The van der Waals surface area contributed by atoms with Crippen molar-refractivity contribution in [3.05, 3.63) is 35.4 Å². The van der Waals surface area contributed by atoms with Crippen LogP contribution in [0, 0.1) is 13.8 Å². The Kier molecular flexibility index (Phi) is 11.1. The summed E-state index contributed by atoms with van der Waals surface area (Å²) in [6, 6.07) is 7.73. The van der Waals surface area contributed by atoms with Crippen LogP contribution < -0.4 is 18.9 Å². The number of methoxy groups -OCH3 is 2. The minimum Gasteiger partial charge on any atom is -0.496 e. The predicted molar refractivity (Wildman–Crippen MR) is 147 cm³/mol. The maximum Gasteiger partial charge on any atom is 0.252 e. The van der Waals surface area contributed by atoms with Crippen molar-refractivity contribution in [2.75, 3.05) is 27.4 Å². The molecule has 1 aromatic heterocycles. The van der Waals surface area contributed by atoms with Gasteiger partial charge in [0.05, 0.1) is 38.6 Å². The predicted octanol–water partition coefficient (Wildman–Crippen LogP) is 7.96. The van der Waals surface area contributed by atoms with Crippen LogP contribution in [0.25, 0.3) is 22.9 Å². The molecule has 3 rings (SSSR count). The SMILES string of the molecule is CCCCCCOc1cc(-c2nnc(-c3cc(OC)c(C)cc3OCCCCCC)o2)c(OC)cc1C. The van der Waals surface area contributed by atoms with Crippen LogP contribution in [0.2, 0.25) is 0 Å². The van der Waals surface area contributed by atoms with E-state index in [0.717, 1.165) is 48.3 Å². The molecule has 0 bridgehead atoms. The summed E-state index contributed by atoms with van der Waals surface area (Å²) < 4.78 is 29.6. The topological polar surface area (TPSA) is 75.8 Å². The Labute approximate surface area is 221 Å². The zero-order valence-electron chi connectivity index (χ0n) is 23.3. The van der Waals surface area contributed by atoms with Crippen molar-refractivity contribution in [3.63, 3.8) is 0 Å². The van der Waals surface area contributed by atoms with Crippen molar-refractivity contribution in [2.45, 2.75) is 79.1 Å². The monoisotopic (exact) mass is 510 g/mol. The third kappa shape index (κ3) is 7.63. The van der Waals surface area contributed by atoms with E-state index in [2.05, 4.69) is 24.0 Å². The second kappa shape index (κ2) is 14.5. The van der Waals surface area contributed by atoms with E-state index in [1.165, 1.54) is 25.7 Å². The minimum absolute atomic E-state index is 0.358. The summed E-state index contributed by atoms with van der Waals surface area (Å²) in [5.74, 6) is 3.61. The van der Waals surface area contributed by atoms with Crippen molar-refractivity contribution in [1.82, 2.24) is 10.2 Å². The van der Waals surface area contributed by atoms with Gasteiger partial charge in [0.25, 0.3) is 11.8 Å². The van der Waals surface area contributed by atoms with Crippen LogP contribution in [-0.4, -0.2) is 37.6 Å². The van der Waals surface area contributed by atoms with Crippen LogP contribution in [-0.2, 0) is 0 Å². The van der Waals surface area contributed by atoms with Gasteiger partial charge in [-0.25, -0.2) is 0 Å². The van der Waals surface area contributed by atoms with Crippen molar-refractivity contribution >= 4 is 0 Å². The van der Waals surface area contributed by atoms with E-state index in [4.69, 9.17) is 23.4 Å². The van der Waals surface area contributed by atoms with E-state index in [9.17, 15) is 0 Å². The molecule has 0 aliphatic heterocycles. The van der Waals surface area contributed by atoms with Crippen molar-refractivity contribution in [3.8, 4) is 45.9 Å². The number of nitrogens with zero attached hydrogens (tertiary/aromatic N) is 2. The lowest BCUT2D eigenvalue weighted by atomic mass is 10.1. The van der Waals surface area contributed by atoms with Gasteiger partial charge in [0.1, 0.15) is 23.0 Å². The van der Waals surface area contributed by atoms with Crippen LogP contribution in [0.1, 0.15) is 76.3 Å². The number of rotatable bonds is 16. The molecule has 37 heavy (non-hydrogen) atoms. The average Bonchev–Trinajstić information content (AvgIpc) is 3.39. The van der Waals surface area contributed by atoms with E-state index in [1.54, 1.807) is 14.2 Å². The number of aryl methyl sites for hydroxylation is 2. The quantitative estimate of drug-likeness (QED) is 0.181. The van der Waals surface area contributed by atoms with Crippen molar-refractivity contribution < 1.29 is 23.4 Å². The maximum absolute atomic E-state index is 6.18. The first-order chi connectivity index (χ1) is 18.0. The number of benzene rings is 2. The summed E-state index contributed by atoms with van der Waals surface area (Å²) >= 11 is 0. The zero-order chi connectivity index (χ0) is 26.6. The Morgan fingerprint density at radius 2 is 1.08 bits per heavy atom. The average molecular weight is 511 g/mol. The van der Waals surface area contributed by atoms with E-state index < -0.39 is 0 Å². The van der Waals surface area contributed by atoms with E-state index in [1.807, 2.05) is 38.1 Å². The molecular weight excluding hydrogens is 468 g/mol. The Balaban J connectivity index is 1.88. The van der Waals surface area contributed by atoms with Crippen molar-refractivity contribution in [1.29, 1.82) is 0 Å². The highest BCUT2D eigenvalue weighted by Gasteiger charge is 2.21. The second-order valence-electron chi connectivity index (χ2n) is 9.37. The molecule has 0 spiro atoms. The first-order valence-corrected chi connectivity index (χ1v) is 13.5. The van der Waals surface area contributed by atoms with Crippen molar-refractivity contribution in [2.24, 2.45) is 0 Å². The summed E-state index contributed by atoms with van der Waals surface area (Å²) in [4.78, 5) is 0. The van der Waals surface area contributed by atoms with Gasteiger partial charge in [0.2, 0.25) is 0 Å². The molecular formula is C30H42N2O5. The Bertz CT molecular complexity index is 1130. The van der Waals surface area contributed by atoms with Crippen LogP contribution in [0.4, 0.5) is 0 Å². The third-order valence-corrected chi connectivity index (χ3v) is 6.39. The summed E-state index contributed by atoms with van der Waals surface area (Å²) in [6.07, 6.45) is 9.12. The van der Waals surface area contributed by atoms with Gasteiger partial charge in [-0.1, -0.05) is 52.4 Å². The number of aromatic nitrogens is 2. The van der Waals surface area contributed by atoms with Crippen LogP contribution >= 0.6 is 0 Å². The summed E-state index contributed by atoms with van der Waals surface area (Å²) in [6.45, 7) is 9.70. The van der Waals surface area contributed by atoms with Gasteiger partial charge >= 0.3 is 0 Å². The Morgan fingerprint density at radius 3 is 1.65 bits per heavy atom. The Morgan fingerprint density at radius 1 is 0.595 bits per heavy atom. The summed E-state index contributed by atoms with van der Waals surface area (Å²) in [5, 5.41) is 8.72. The molecule has 7 nitrogen and oxygen atoms in total. The number of hydrogen-bond donors (Lipinski definition) is 0. The lowest BCUT2D eigenvalue weighted by molar-refractivity contribution is 0.302. The number of hydrogen-bond acceptors (Lipinski definition) is 7. The molecule has 1 heterocycles. The van der Waals surface area contributed by atoms with Gasteiger partial charge in [-0.05, 0) is 62.1 Å². The highest BCUT2D eigenvalue weighted by atomic mass is 16.5. The molecule has 3 aromatic rings. The molecule has 2 aromatic carbocycles. The second-order valence-corrected chi connectivity index (χ2v) is 9.37. The molecule has 0 atom stereocenters. The van der Waals surface area contributed by atoms with Crippen LogP contribution in [0.15, 0.2) is 28.7 Å². The van der Waals surface area contributed by atoms with Gasteiger partial charge in [-0.2, -0.15) is 0 Å². The first kappa shape index (κ1) is 28.4. The molecule has 0 aliphatic carbocycles. The van der Waals surface area contributed by atoms with Crippen LogP contribution in [0.3, 0.4) is 0 Å². The standard InChI is InChI=1S/C30H42N2O5/c1-7-9-11-13-15-35-26-20-23(27(34-6)17-22(26)4)29-31-32-30(37-29)24-19-25(33-5)21(3)18-28(24)36-16-14-12-10-8-2/h17-20H,7-16H2,1-6H3. The normalized spacial score (nSPS) is 11.0. The molecule has 0 unspecified atom stereocenters. The van der Waals surface area contributed by atoms with E-state index >= 15 is 0 Å². The summed E-state index contributed by atoms with van der Waals surface area (Å²) in [5.41, 5.74) is 3.38. The van der Waals surface area contributed by atoms with Gasteiger partial charge in [-0.15, -0.1) is 10.2 Å². The smallest absolute Gasteiger partial charge is 0.252 e. The first-order valence-electron chi connectivity index (χ1n) is 13.5. The zero-order valence-corrected chi connectivity index (χ0v) is 23.3. The van der Waals surface area contributed by atoms with E-state index in [0.29, 0.717) is 47.6 Å². The van der Waals surface area contributed by atoms with Gasteiger partial charge in [0.15, 0.2) is 0 Å². The van der Waals surface area contributed by atoms with Gasteiger partial charge in [0, 0.05) is 0 Å². The third-order valence-electron chi connectivity index (χ3n) is 6.39. The fourth-order valence-corrected chi connectivity index (χ4v) is 4.18. The lowest BCUT2D eigenvalue weighted by Crippen LogP contribution is -2.00. The molecule has 202 valence electrons. The number of ether oxygens (including phenoxy) is 4. The highest BCUT2D eigenvalue weighted by molar-refractivity contribution is 5.70. The minimum atomic E-state index is 0.358.